The number of nitrogens with one attached hydrogen (secondary N) is 1. The number of carbonyl (C=O) groups excluding carboxylic acids is 1. The van der Waals surface area contributed by atoms with Crippen molar-refractivity contribution in [3.63, 3.8) is 0 Å². The van der Waals surface area contributed by atoms with E-state index in [1.165, 1.54) is 5.56 Å². The van der Waals surface area contributed by atoms with Gasteiger partial charge in [0.05, 0.1) is 11.6 Å². The molecule has 0 aliphatic heterocycles. The standard InChI is InChI=1S/C19H21N3O/c1-22(15-18-5-3-2-4-6-18)12-11-19(23)21-14-17-9-7-16(13-20)8-10-17/h2-10H,11-12,14-15H2,1H3,(H,21,23). The van der Waals surface area contributed by atoms with Crippen LogP contribution in [0.15, 0.2) is 54.6 Å². The zero-order valence-corrected chi connectivity index (χ0v) is 13.3. The van der Waals surface area contributed by atoms with E-state index in [2.05, 4.69) is 28.4 Å². The predicted octanol–water partition coefficient (Wildman–Crippen LogP) is 2.70. The smallest absolute Gasteiger partial charge is 0.221 e. The van der Waals surface area contributed by atoms with E-state index in [0.717, 1.165) is 12.1 Å². The van der Waals surface area contributed by atoms with Crippen molar-refractivity contribution in [3.8, 4) is 6.07 Å². The first-order valence-electron chi connectivity index (χ1n) is 7.65. The zero-order valence-electron chi connectivity index (χ0n) is 13.3. The van der Waals surface area contributed by atoms with E-state index < -0.39 is 0 Å². The van der Waals surface area contributed by atoms with E-state index in [-0.39, 0.29) is 5.91 Å². The van der Waals surface area contributed by atoms with Crippen LogP contribution in [0, 0.1) is 11.3 Å². The second kappa shape index (κ2) is 8.72. The fraction of sp³-hybridized carbons (Fsp3) is 0.263. The first-order chi connectivity index (χ1) is 11.2. The molecule has 0 bridgehead atoms. The van der Waals surface area contributed by atoms with Gasteiger partial charge in [-0.25, -0.2) is 0 Å². The van der Waals surface area contributed by atoms with Gasteiger partial charge >= 0.3 is 0 Å². The summed E-state index contributed by atoms with van der Waals surface area (Å²) in [5.41, 5.74) is 2.87. The van der Waals surface area contributed by atoms with Crippen LogP contribution in [0.3, 0.4) is 0 Å². The maximum Gasteiger partial charge on any atom is 0.221 e. The molecule has 23 heavy (non-hydrogen) atoms. The summed E-state index contributed by atoms with van der Waals surface area (Å²) in [5, 5.41) is 11.7. The number of carbonyl (C=O) groups is 1. The van der Waals surface area contributed by atoms with Gasteiger partial charge in [0.2, 0.25) is 5.91 Å². The van der Waals surface area contributed by atoms with Crippen LogP contribution in [-0.2, 0) is 17.9 Å². The highest BCUT2D eigenvalue weighted by atomic mass is 16.1. The highest BCUT2D eigenvalue weighted by Crippen LogP contribution is 2.04. The molecule has 4 heteroatoms. The molecular weight excluding hydrogens is 286 g/mol. The highest BCUT2D eigenvalue weighted by molar-refractivity contribution is 5.76. The molecule has 2 aromatic carbocycles. The summed E-state index contributed by atoms with van der Waals surface area (Å²) >= 11 is 0. The van der Waals surface area contributed by atoms with Gasteiger partial charge in [-0.15, -0.1) is 0 Å². The molecule has 2 aromatic rings. The molecule has 0 saturated heterocycles. The molecule has 0 aliphatic rings. The fourth-order valence-electron chi connectivity index (χ4n) is 2.25. The number of rotatable bonds is 7. The SMILES string of the molecule is CN(CCC(=O)NCc1ccc(C#N)cc1)Cc1ccccc1. The number of nitrogens with zero attached hydrogens (tertiary/aromatic N) is 2. The maximum atomic E-state index is 11.9. The van der Waals surface area contributed by atoms with Crippen molar-refractivity contribution in [1.82, 2.24) is 10.2 Å². The number of benzene rings is 2. The maximum absolute atomic E-state index is 11.9. The average Bonchev–Trinajstić information content (AvgIpc) is 2.59. The lowest BCUT2D eigenvalue weighted by Gasteiger charge is -2.16. The van der Waals surface area contributed by atoms with Crippen molar-refractivity contribution in [2.45, 2.75) is 19.5 Å². The van der Waals surface area contributed by atoms with E-state index in [9.17, 15) is 4.79 Å². The molecule has 2 rings (SSSR count). The number of amides is 1. The molecule has 0 aromatic heterocycles. The van der Waals surface area contributed by atoms with Crippen molar-refractivity contribution in [2.24, 2.45) is 0 Å². The Morgan fingerprint density at radius 2 is 1.78 bits per heavy atom. The van der Waals surface area contributed by atoms with Crippen molar-refractivity contribution < 1.29 is 4.79 Å². The summed E-state index contributed by atoms with van der Waals surface area (Å²) in [5.74, 6) is 0.0364. The van der Waals surface area contributed by atoms with Gasteiger partial charge in [0.15, 0.2) is 0 Å². The Morgan fingerprint density at radius 1 is 1.09 bits per heavy atom. The molecule has 0 radical (unpaired) electrons. The number of hydrogen-bond donors (Lipinski definition) is 1. The van der Waals surface area contributed by atoms with Gasteiger partial charge in [0.25, 0.3) is 0 Å². The van der Waals surface area contributed by atoms with Gasteiger partial charge in [-0.05, 0) is 30.3 Å². The molecule has 1 N–H and O–H groups in total. The summed E-state index contributed by atoms with van der Waals surface area (Å²) in [6.07, 6.45) is 0.472. The van der Waals surface area contributed by atoms with Gasteiger partial charge < -0.3 is 10.2 Å². The predicted molar refractivity (Wildman–Crippen MR) is 90.4 cm³/mol. The summed E-state index contributed by atoms with van der Waals surface area (Å²) in [6.45, 7) is 2.05. The van der Waals surface area contributed by atoms with E-state index in [1.807, 2.05) is 37.4 Å². The van der Waals surface area contributed by atoms with Gasteiger partial charge in [-0.3, -0.25) is 4.79 Å². The second-order valence-corrected chi connectivity index (χ2v) is 5.56. The minimum absolute atomic E-state index is 0.0364. The van der Waals surface area contributed by atoms with Gasteiger partial charge in [0, 0.05) is 26.1 Å². The molecule has 118 valence electrons. The largest absolute Gasteiger partial charge is 0.352 e. The van der Waals surface area contributed by atoms with Crippen LogP contribution >= 0.6 is 0 Å². The topological polar surface area (TPSA) is 56.1 Å². The lowest BCUT2D eigenvalue weighted by Crippen LogP contribution is -2.28. The van der Waals surface area contributed by atoms with Gasteiger partial charge in [-0.1, -0.05) is 42.5 Å². The van der Waals surface area contributed by atoms with Crippen LogP contribution < -0.4 is 5.32 Å². The molecular formula is C19H21N3O. The zero-order chi connectivity index (χ0) is 16.5. The van der Waals surface area contributed by atoms with Crippen LogP contribution in [0.4, 0.5) is 0 Å². The molecule has 0 saturated carbocycles. The van der Waals surface area contributed by atoms with Crippen LogP contribution in [0.1, 0.15) is 23.1 Å². The normalized spacial score (nSPS) is 10.3. The van der Waals surface area contributed by atoms with Crippen molar-refractivity contribution >= 4 is 5.91 Å². The lowest BCUT2D eigenvalue weighted by atomic mass is 10.1. The van der Waals surface area contributed by atoms with E-state index in [1.54, 1.807) is 12.1 Å². The third kappa shape index (κ3) is 5.93. The molecule has 0 atom stereocenters. The Labute approximate surface area is 137 Å². The Kier molecular flexibility index (Phi) is 6.34. The third-order valence-corrected chi connectivity index (χ3v) is 3.59. The minimum atomic E-state index is 0.0364. The van der Waals surface area contributed by atoms with E-state index >= 15 is 0 Å². The molecule has 1 amide bonds. The summed E-state index contributed by atoms with van der Waals surface area (Å²) in [7, 11) is 2.01. The summed E-state index contributed by atoms with van der Waals surface area (Å²) < 4.78 is 0. The quantitative estimate of drug-likeness (QED) is 0.855. The Bertz CT molecular complexity index is 659. The van der Waals surface area contributed by atoms with Crippen LogP contribution in [0.5, 0.6) is 0 Å². The monoisotopic (exact) mass is 307 g/mol. The van der Waals surface area contributed by atoms with E-state index in [0.29, 0.717) is 25.1 Å². The fourth-order valence-corrected chi connectivity index (χ4v) is 2.25. The van der Waals surface area contributed by atoms with Gasteiger partial charge in [0.1, 0.15) is 0 Å². The van der Waals surface area contributed by atoms with Crippen molar-refractivity contribution in [2.75, 3.05) is 13.6 Å². The second-order valence-electron chi connectivity index (χ2n) is 5.56. The van der Waals surface area contributed by atoms with Crippen molar-refractivity contribution in [1.29, 1.82) is 5.26 Å². The van der Waals surface area contributed by atoms with Crippen LogP contribution in [0.25, 0.3) is 0 Å². The third-order valence-electron chi connectivity index (χ3n) is 3.59. The first-order valence-corrected chi connectivity index (χ1v) is 7.65. The molecule has 0 heterocycles. The van der Waals surface area contributed by atoms with Crippen LogP contribution in [-0.4, -0.2) is 24.4 Å². The number of hydrogen-bond acceptors (Lipinski definition) is 3. The Balaban J connectivity index is 1.69. The Hall–Kier alpha value is -2.64. The molecule has 0 spiro atoms. The molecule has 4 nitrogen and oxygen atoms in total. The summed E-state index contributed by atoms with van der Waals surface area (Å²) in [6, 6.07) is 19.5. The van der Waals surface area contributed by atoms with Crippen molar-refractivity contribution in [3.05, 3.63) is 71.3 Å². The molecule has 0 unspecified atom stereocenters. The molecule has 0 fully saturated rings. The minimum Gasteiger partial charge on any atom is -0.352 e. The lowest BCUT2D eigenvalue weighted by molar-refractivity contribution is -0.121. The Morgan fingerprint density at radius 3 is 2.43 bits per heavy atom. The van der Waals surface area contributed by atoms with E-state index in [4.69, 9.17) is 5.26 Å². The summed E-state index contributed by atoms with van der Waals surface area (Å²) in [4.78, 5) is 14.0. The van der Waals surface area contributed by atoms with Gasteiger partial charge in [-0.2, -0.15) is 5.26 Å². The highest BCUT2D eigenvalue weighted by Gasteiger charge is 2.05. The number of nitriles is 1. The van der Waals surface area contributed by atoms with Crippen LogP contribution in [0.2, 0.25) is 0 Å². The average molecular weight is 307 g/mol. The first kappa shape index (κ1) is 16.7. The molecule has 0 aliphatic carbocycles.